The molecule has 90 valence electrons. The minimum atomic E-state index is -4.39. The lowest BCUT2D eigenvalue weighted by atomic mass is 10.2. The number of pyridine rings is 1. The van der Waals surface area contributed by atoms with Gasteiger partial charge in [0.1, 0.15) is 5.69 Å². The first kappa shape index (κ1) is 11.6. The van der Waals surface area contributed by atoms with E-state index in [9.17, 15) is 13.2 Å². The molecule has 0 aliphatic rings. The molecule has 0 aromatic carbocycles. The quantitative estimate of drug-likeness (QED) is 0.809. The molecule has 2 heterocycles. The number of alkyl halides is 3. The zero-order valence-electron chi connectivity index (χ0n) is 9.07. The number of imidazole rings is 1. The first-order chi connectivity index (χ1) is 7.97. The van der Waals surface area contributed by atoms with Crippen LogP contribution in [0.2, 0.25) is 0 Å². The molecule has 2 aromatic heterocycles. The molecule has 0 bridgehead atoms. The van der Waals surface area contributed by atoms with Crippen molar-refractivity contribution in [2.24, 2.45) is 0 Å². The number of aryl methyl sites for hydroxylation is 1. The molecule has 2 aromatic rings. The lowest BCUT2D eigenvalue weighted by Gasteiger charge is -2.08. The fourth-order valence-electron chi connectivity index (χ4n) is 1.43. The van der Waals surface area contributed by atoms with Gasteiger partial charge in [-0.05, 0) is 18.6 Å². The highest BCUT2D eigenvalue weighted by Gasteiger charge is 2.31. The Bertz CT molecular complexity index is 499. The van der Waals surface area contributed by atoms with Gasteiger partial charge >= 0.3 is 6.18 Å². The number of rotatable bonds is 2. The van der Waals surface area contributed by atoms with Crippen molar-refractivity contribution in [2.75, 3.05) is 0 Å². The summed E-state index contributed by atoms with van der Waals surface area (Å²) in [5, 5.41) is 0. The predicted molar refractivity (Wildman–Crippen MR) is 55.3 cm³/mol. The maximum Gasteiger partial charge on any atom is 0.433 e. The second-order valence-corrected chi connectivity index (χ2v) is 3.71. The van der Waals surface area contributed by atoms with Crippen molar-refractivity contribution in [2.45, 2.75) is 19.6 Å². The van der Waals surface area contributed by atoms with Crippen LogP contribution in [0.5, 0.6) is 0 Å². The number of hydrogen-bond acceptors (Lipinski definition) is 2. The van der Waals surface area contributed by atoms with Crippen LogP contribution in [-0.4, -0.2) is 14.5 Å². The van der Waals surface area contributed by atoms with E-state index < -0.39 is 11.9 Å². The number of nitrogens with zero attached hydrogens (tertiary/aromatic N) is 3. The van der Waals surface area contributed by atoms with E-state index in [1.165, 1.54) is 12.3 Å². The summed E-state index contributed by atoms with van der Waals surface area (Å²) in [4.78, 5) is 7.34. The lowest BCUT2D eigenvalue weighted by Crippen LogP contribution is -2.08. The molecule has 0 unspecified atom stereocenters. The molecule has 0 amide bonds. The lowest BCUT2D eigenvalue weighted by molar-refractivity contribution is -0.141. The van der Waals surface area contributed by atoms with Crippen molar-refractivity contribution in [1.29, 1.82) is 0 Å². The van der Waals surface area contributed by atoms with Crippen LogP contribution in [0.15, 0.2) is 30.9 Å². The Morgan fingerprint density at radius 3 is 2.47 bits per heavy atom. The van der Waals surface area contributed by atoms with E-state index in [2.05, 4.69) is 9.97 Å². The molecule has 0 spiro atoms. The van der Waals surface area contributed by atoms with Crippen molar-refractivity contribution in [3.05, 3.63) is 47.8 Å². The molecule has 0 N–H and O–H groups in total. The second-order valence-electron chi connectivity index (χ2n) is 3.71. The van der Waals surface area contributed by atoms with Gasteiger partial charge in [-0.15, -0.1) is 0 Å². The average Bonchev–Trinajstić information content (AvgIpc) is 2.64. The largest absolute Gasteiger partial charge is 0.433 e. The van der Waals surface area contributed by atoms with Crippen LogP contribution >= 0.6 is 0 Å². The first-order valence-corrected chi connectivity index (χ1v) is 4.95. The van der Waals surface area contributed by atoms with Crippen LogP contribution in [-0.2, 0) is 12.7 Å². The summed E-state index contributed by atoms with van der Waals surface area (Å²) in [7, 11) is 0. The molecule has 0 aliphatic carbocycles. The molecular weight excluding hydrogens is 231 g/mol. The van der Waals surface area contributed by atoms with E-state index in [1.54, 1.807) is 12.5 Å². The van der Waals surface area contributed by atoms with Crippen LogP contribution in [0.25, 0.3) is 0 Å². The van der Waals surface area contributed by atoms with Gasteiger partial charge in [-0.25, -0.2) is 4.98 Å². The van der Waals surface area contributed by atoms with Gasteiger partial charge in [0.05, 0.1) is 12.9 Å². The Balaban J connectivity index is 2.17. The monoisotopic (exact) mass is 241 g/mol. The van der Waals surface area contributed by atoms with E-state index in [-0.39, 0.29) is 0 Å². The van der Waals surface area contributed by atoms with Crippen LogP contribution in [0, 0.1) is 6.92 Å². The Kier molecular flexibility index (Phi) is 2.87. The minimum absolute atomic E-state index is 0.469. The molecule has 2 rings (SSSR count). The smallest absolute Gasteiger partial charge is 0.330 e. The van der Waals surface area contributed by atoms with Crippen molar-refractivity contribution >= 4 is 0 Å². The zero-order chi connectivity index (χ0) is 12.5. The summed E-state index contributed by atoms with van der Waals surface area (Å²) in [6.07, 6.45) is 0.177. The molecule has 0 atom stereocenters. The van der Waals surface area contributed by atoms with E-state index in [4.69, 9.17) is 0 Å². The predicted octanol–water partition coefficient (Wildman–Crippen LogP) is 2.65. The molecule has 6 heteroatoms. The van der Waals surface area contributed by atoms with Crippen LogP contribution < -0.4 is 0 Å². The van der Waals surface area contributed by atoms with Crippen molar-refractivity contribution in [1.82, 2.24) is 14.5 Å². The topological polar surface area (TPSA) is 30.7 Å². The summed E-state index contributed by atoms with van der Waals surface area (Å²) >= 11 is 0. The van der Waals surface area contributed by atoms with Gasteiger partial charge in [-0.2, -0.15) is 13.2 Å². The molecule has 0 aliphatic heterocycles. The van der Waals surface area contributed by atoms with Crippen LogP contribution in [0.4, 0.5) is 13.2 Å². The molecule has 17 heavy (non-hydrogen) atoms. The number of halogens is 3. The fraction of sp³-hybridized carbons (Fsp3) is 0.273. The van der Waals surface area contributed by atoms with Crippen molar-refractivity contribution < 1.29 is 13.2 Å². The Hall–Kier alpha value is -1.85. The van der Waals surface area contributed by atoms with Crippen LogP contribution in [0.1, 0.15) is 17.0 Å². The maximum absolute atomic E-state index is 12.3. The highest BCUT2D eigenvalue weighted by atomic mass is 19.4. The van der Waals surface area contributed by atoms with Crippen molar-refractivity contribution in [3.63, 3.8) is 0 Å². The van der Waals surface area contributed by atoms with E-state index >= 15 is 0 Å². The maximum atomic E-state index is 12.3. The standard InChI is InChI=1S/C11H10F3N3/c1-8-4-15-7-17(8)6-9-2-3-10(16-5-9)11(12,13)14/h2-5,7H,6H2,1H3. The third-order valence-electron chi connectivity index (χ3n) is 2.39. The van der Waals surface area contributed by atoms with Gasteiger partial charge in [0.25, 0.3) is 0 Å². The number of hydrogen-bond donors (Lipinski definition) is 0. The zero-order valence-corrected chi connectivity index (χ0v) is 9.07. The summed E-state index contributed by atoms with van der Waals surface area (Å²) in [5.74, 6) is 0. The minimum Gasteiger partial charge on any atom is -0.330 e. The molecule has 0 saturated carbocycles. The summed E-state index contributed by atoms with van der Waals surface area (Å²) in [6.45, 7) is 2.35. The van der Waals surface area contributed by atoms with Gasteiger partial charge in [0, 0.05) is 18.1 Å². The molecular formula is C11H10F3N3. The summed E-state index contributed by atoms with van der Waals surface area (Å²) in [5.41, 5.74) is 0.785. The second kappa shape index (κ2) is 4.20. The molecule has 0 fully saturated rings. The fourth-order valence-corrected chi connectivity index (χ4v) is 1.43. The normalized spacial score (nSPS) is 11.8. The van der Waals surface area contributed by atoms with E-state index in [0.717, 1.165) is 11.8 Å². The molecule has 0 radical (unpaired) electrons. The average molecular weight is 241 g/mol. The highest BCUT2D eigenvalue weighted by Crippen LogP contribution is 2.27. The van der Waals surface area contributed by atoms with E-state index in [1.807, 2.05) is 11.5 Å². The third kappa shape index (κ3) is 2.64. The third-order valence-corrected chi connectivity index (χ3v) is 2.39. The van der Waals surface area contributed by atoms with Gasteiger partial charge in [-0.3, -0.25) is 4.98 Å². The number of aromatic nitrogens is 3. The first-order valence-electron chi connectivity index (χ1n) is 4.95. The Morgan fingerprint density at radius 1 is 1.24 bits per heavy atom. The van der Waals surface area contributed by atoms with Gasteiger partial charge in [-0.1, -0.05) is 6.07 Å². The van der Waals surface area contributed by atoms with Gasteiger partial charge < -0.3 is 4.57 Å². The Labute approximate surface area is 95.9 Å². The summed E-state index contributed by atoms with van der Waals surface area (Å²) < 4.78 is 38.7. The van der Waals surface area contributed by atoms with Gasteiger partial charge in [0.2, 0.25) is 0 Å². The van der Waals surface area contributed by atoms with E-state index in [0.29, 0.717) is 12.1 Å². The van der Waals surface area contributed by atoms with Crippen LogP contribution in [0.3, 0.4) is 0 Å². The molecule has 0 saturated heterocycles. The van der Waals surface area contributed by atoms with Crippen molar-refractivity contribution in [3.8, 4) is 0 Å². The molecule has 3 nitrogen and oxygen atoms in total. The SMILES string of the molecule is Cc1cncn1Cc1ccc(C(F)(F)F)nc1. The van der Waals surface area contributed by atoms with Gasteiger partial charge in [0.15, 0.2) is 0 Å². The highest BCUT2D eigenvalue weighted by molar-refractivity contribution is 5.17. The summed E-state index contributed by atoms with van der Waals surface area (Å²) in [6, 6.07) is 2.41. The Morgan fingerprint density at radius 2 is 2.00 bits per heavy atom.